The average molecular weight is 232 g/mol. The van der Waals surface area contributed by atoms with Crippen LogP contribution in [0, 0.1) is 0 Å². The fraction of sp³-hybridized carbons (Fsp3) is 0. The summed E-state index contributed by atoms with van der Waals surface area (Å²) in [6.45, 7) is 0. The molecule has 3 aromatic rings. The standard InChI is InChI=1S/C10H6ClN5/c11-7-4-13-10(14-5-7)16-9-2-1-3-12-8(9)6-15-16/h1-6H. The molecule has 0 radical (unpaired) electrons. The van der Waals surface area contributed by atoms with Crippen LogP contribution in [0.15, 0.2) is 36.9 Å². The number of hydrogen-bond donors (Lipinski definition) is 0. The van der Waals surface area contributed by atoms with Crippen LogP contribution in [-0.2, 0) is 0 Å². The van der Waals surface area contributed by atoms with Gasteiger partial charge in [0.25, 0.3) is 5.95 Å². The van der Waals surface area contributed by atoms with Crippen molar-refractivity contribution in [1.82, 2.24) is 24.7 Å². The molecule has 0 N–H and O–H groups in total. The number of aromatic nitrogens is 5. The Labute approximate surface area is 95.7 Å². The van der Waals surface area contributed by atoms with E-state index in [2.05, 4.69) is 20.1 Å². The number of fused-ring (bicyclic) bond motifs is 1. The zero-order valence-corrected chi connectivity index (χ0v) is 8.83. The quantitative estimate of drug-likeness (QED) is 0.642. The van der Waals surface area contributed by atoms with Gasteiger partial charge in [0.15, 0.2) is 0 Å². The second-order valence-electron chi connectivity index (χ2n) is 3.17. The van der Waals surface area contributed by atoms with Gasteiger partial charge < -0.3 is 0 Å². The third-order valence-electron chi connectivity index (χ3n) is 2.14. The summed E-state index contributed by atoms with van der Waals surface area (Å²) in [6.07, 6.45) is 6.46. The normalized spacial score (nSPS) is 10.8. The Morgan fingerprint density at radius 1 is 1.06 bits per heavy atom. The zero-order chi connectivity index (χ0) is 11.0. The molecule has 0 aromatic carbocycles. The summed E-state index contributed by atoms with van der Waals surface area (Å²) in [5.41, 5.74) is 1.67. The van der Waals surface area contributed by atoms with Crippen LogP contribution in [0.4, 0.5) is 0 Å². The number of nitrogens with zero attached hydrogens (tertiary/aromatic N) is 5. The lowest BCUT2D eigenvalue weighted by Gasteiger charge is -1.99. The van der Waals surface area contributed by atoms with Crippen molar-refractivity contribution in [2.24, 2.45) is 0 Å². The van der Waals surface area contributed by atoms with Crippen LogP contribution in [0.25, 0.3) is 17.0 Å². The second-order valence-corrected chi connectivity index (χ2v) is 3.60. The van der Waals surface area contributed by atoms with Crippen LogP contribution in [0.1, 0.15) is 0 Å². The second kappa shape index (κ2) is 3.53. The number of pyridine rings is 1. The molecule has 0 atom stereocenters. The molecule has 0 bridgehead atoms. The summed E-state index contributed by atoms with van der Waals surface area (Å²) in [5, 5.41) is 4.68. The molecule has 0 saturated heterocycles. The van der Waals surface area contributed by atoms with Crippen molar-refractivity contribution < 1.29 is 0 Å². The molecule has 3 aromatic heterocycles. The Bertz CT molecular complexity index is 631. The highest BCUT2D eigenvalue weighted by atomic mass is 35.5. The van der Waals surface area contributed by atoms with Crippen molar-refractivity contribution in [2.45, 2.75) is 0 Å². The van der Waals surface area contributed by atoms with E-state index >= 15 is 0 Å². The fourth-order valence-electron chi connectivity index (χ4n) is 1.44. The third-order valence-corrected chi connectivity index (χ3v) is 2.33. The van der Waals surface area contributed by atoms with Crippen molar-refractivity contribution >= 4 is 22.6 Å². The molecule has 6 heteroatoms. The van der Waals surface area contributed by atoms with Crippen LogP contribution in [0.2, 0.25) is 5.02 Å². The van der Waals surface area contributed by atoms with Gasteiger partial charge in [-0.1, -0.05) is 11.6 Å². The summed E-state index contributed by atoms with van der Waals surface area (Å²) >= 11 is 5.72. The largest absolute Gasteiger partial charge is 0.253 e. The smallest absolute Gasteiger partial charge is 0.251 e. The van der Waals surface area contributed by atoms with Crippen LogP contribution in [0.3, 0.4) is 0 Å². The van der Waals surface area contributed by atoms with Crippen LogP contribution >= 0.6 is 11.6 Å². The predicted molar refractivity (Wildman–Crippen MR) is 59.5 cm³/mol. The maximum Gasteiger partial charge on any atom is 0.251 e. The first-order chi connectivity index (χ1) is 7.84. The van der Waals surface area contributed by atoms with Crippen molar-refractivity contribution in [3.05, 3.63) is 41.9 Å². The Balaban J connectivity index is 2.22. The monoisotopic (exact) mass is 231 g/mol. The van der Waals surface area contributed by atoms with Gasteiger partial charge in [-0.25, -0.2) is 9.97 Å². The molecule has 0 unspecified atom stereocenters. The molecule has 0 aliphatic heterocycles. The van der Waals surface area contributed by atoms with Crippen molar-refractivity contribution in [3.63, 3.8) is 0 Å². The lowest BCUT2D eigenvalue weighted by Crippen LogP contribution is -2.01. The lowest BCUT2D eigenvalue weighted by atomic mass is 10.4. The molecule has 3 rings (SSSR count). The summed E-state index contributed by atoms with van der Waals surface area (Å²) in [5.74, 6) is 0.479. The van der Waals surface area contributed by atoms with E-state index in [9.17, 15) is 0 Å². The van der Waals surface area contributed by atoms with E-state index in [0.717, 1.165) is 11.0 Å². The van der Waals surface area contributed by atoms with Crippen LogP contribution in [-0.4, -0.2) is 24.7 Å². The highest BCUT2D eigenvalue weighted by molar-refractivity contribution is 6.30. The fourth-order valence-corrected chi connectivity index (χ4v) is 1.53. The Morgan fingerprint density at radius 3 is 2.69 bits per heavy atom. The molecule has 0 amide bonds. The summed E-state index contributed by atoms with van der Waals surface area (Å²) in [4.78, 5) is 12.4. The summed E-state index contributed by atoms with van der Waals surface area (Å²) in [7, 11) is 0. The SMILES string of the molecule is Clc1cnc(-n2ncc3ncccc32)nc1. The molecule has 5 nitrogen and oxygen atoms in total. The van der Waals surface area contributed by atoms with Gasteiger partial charge in [-0.2, -0.15) is 9.78 Å². The Morgan fingerprint density at radius 2 is 1.88 bits per heavy atom. The first-order valence-electron chi connectivity index (χ1n) is 4.61. The predicted octanol–water partition coefficient (Wildman–Crippen LogP) is 1.86. The first-order valence-corrected chi connectivity index (χ1v) is 4.99. The molecular weight excluding hydrogens is 226 g/mol. The minimum atomic E-state index is 0.479. The summed E-state index contributed by atoms with van der Waals surface area (Å²) in [6, 6.07) is 3.75. The maximum absolute atomic E-state index is 5.72. The van der Waals surface area contributed by atoms with E-state index in [-0.39, 0.29) is 0 Å². The molecule has 0 fully saturated rings. The molecule has 0 aliphatic rings. The Kier molecular flexibility index (Phi) is 2.04. The zero-order valence-electron chi connectivity index (χ0n) is 8.08. The van der Waals surface area contributed by atoms with E-state index in [1.54, 1.807) is 17.1 Å². The van der Waals surface area contributed by atoms with Crippen molar-refractivity contribution in [2.75, 3.05) is 0 Å². The van der Waals surface area contributed by atoms with E-state index in [4.69, 9.17) is 11.6 Å². The van der Waals surface area contributed by atoms with Crippen molar-refractivity contribution in [3.8, 4) is 5.95 Å². The lowest BCUT2D eigenvalue weighted by molar-refractivity contribution is 0.833. The number of halogens is 1. The van der Waals surface area contributed by atoms with E-state index < -0.39 is 0 Å². The molecule has 0 saturated carbocycles. The molecule has 16 heavy (non-hydrogen) atoms. The number of rotatable bonds is 1. The van der Waals surface area contributed by atoms with E-state index in [0.29, 0.717) is 11.0 Å². The Hall–Kier alpha value is -2.01. The van der Waals surface area contributed by atoms with Gasteiger partial charge in [0.2, 0.25) is 0 Å². The highest BCUT2D eigenvalue weighted by Crippen LogP contribution is 2.13. The van der Waals surface area contributed by atoms with Crippen LogP contribution in [0.5, 0.6) is 0 Å². The molecule has 0 aliphatic carbocycles. The minimum absolute atomic E-state index is 0.479. The molecule has 78 valence electrons. The van der Waals surface area contributed by atoms with Gasteiger partial charge in [-0.15, -0.1) is 0 Å². The third kappa shape index (κ3) is 1.42. The maximum atomic E-state index is 5.72. The van der Waals surface area contributed by atoms with Gasteiger partial charge in [0.05, 0.1) is 29.1 Å². The van der Waals surface area contributed by atoms with E-state index in [1.165, 1.54) is 12.4 Å². The first kappa shape index (κ1) is 9.23. The minimum Gasteiger partial charge on any atom is -0.253 e. The van der Waals surface area contributed by atoms with Gasteiger partial charge in [-0.05, 0) is 12.1 Å². The molecule has 0 spiro atoms. The topological polar surface area (TPSA) is 56.5 Å². The molecular formula is C10H6ClN5. The summed E-state index contributed by atoms with van der Waals surface area (Å²) < 4.78 is 1.62. The van der Waals surface area contributed by atoms with E-state index in [1.807, 2.05) is 12.1 Å². The average Bonchev–Trinajstić information content (AvgIpc) is 2.74. The van der Waals surface area contributed by atoms with Gasteiger partial charge >= 0.3 is 0 Å². The number of hydrogen-bond acceptors (Lipinski definition) is 4. The van der Waals surface area contributed by atoms with Crippen LogP contribution < -0.4 is 0 Å². The van der Waals surface area contributed by atoms with Gasteiger partial charge in [0, 0.05) is 6.20 Å². The van der Waals surface area contributed by atoms with Crippen molar-refractivity contribution in [1.29, 1.82) is 0 Å². The van der Waals surface area contributed by atoms with Gasteiger partial charge in [-0.3, -0.25) is 4.98 Å². The van der Waals surface area contributed by atoms with Gasteiger partial charge in [0.1, 0.15) is 5.52 Å². The molecule has 3 heterocycles. The highest BCUT2D eigenvalue weighted by Gasteiger charge is 2.06.